The molecular weight excluding hydrogens is 306 g/mol. The van der Waals surface area contributed by atoms with E-state index >= 15 is 0 Å². The van der Waals surface area contributed by atoms with Gasteiger partial charge in [0.15, 0.2) is 0 Å². The van der Waals surface area contributed by atoms with Crippen molar-refractivity contribution in [2.24, 2.45) is 0 Å². The SMILES string of the molecule is O=C(O)c1ccc(NS(=O)(=O)c2ccc(F)cc2F)nc1. The van der Waals surface area contributed by atoms with Gasteiger partial charge in [0.1, 0.15) is 22.3 Å². The molecule has 0 amide bonds. The van der Waals surface area contributed by atoms with Crippen LogP contribution >= 0.6 is 0 Å². The summed E-state index contributed by atoms with van der Waals surface area (Å²) < 4.78 is 52.0. The van der Waals surface area contributed by atoms with Crippen molar-refractivity contribution in [3.8, 4) is 0 Å². The lowest BCUT2D eigenvalue weighted by Crippen LogP contribution is -2.15. The topological polar surface area (TPSA) is 96.4 Å². The smallest absolute Gasteiger partial charge is 0.337 e. The molecule has 0 unspecified atom stereocenters. The number of aromatic nitrogens is 1. The molecule has 0 saturated carbocycles. The molecule has 0 saturated heterocycles. The third-order valence-electron chi connectivity index (χ3n) is 2.43. The summed E-state index contributed by atoms with van der Waals surface area (Å²) in [6.45, 7) is 0. The molecule has 0 aliphatic carbocycles. The van der Waals surface area contributed by atoms with E-state index in [9.17, 15) is 22.0 Å². The summed E-state index contributed by atoms with van der Waals surface area (Å²) in [5.74, 6) is -3.56. The maximum absolute atomic E-state index is 13.5. The van der Waals surface area contributed by atoms with Crippen LogP contribution in [0.4, 0.5) is 14.6 Å². The van der Waals surface area contributed by atoms with Gasteiger partial charge in [-0.1, -0.05) is 0 Å². The van der Waals surface area contributed by atoms with Crippen molar-refractivity contribution in [2.45, 2.75) is 4.90 Å². The molecule has 0 aliphatic heterocycles. The number of halogens is 2. The number of hydrogen-bond acceptors (Lipinski definition) is 4. The van der Waals surface area contributed by atoms with Crippen molar-refractivity contribution in [3.05, 3.63) is 53.7 Å². The molecule has 0 atom stereocenters. The molecule has 1 aromatic carbocycles. The minimum Gasteiger partial charge on any atom is -0.478 e. The first-order chi connectivity index (χ1) is 9.79. The van der Waals surface area contributed by atoms with Gasteiger partial charge in [-0.15, -0.1) is 0 Å². The molecule has 2 rings (SSSR count). The van der Waals surface area contributed by atoms with E-state index < -0.39 is 32.5 Å². The fourth-order valence-electron chi connectivity index (χ4n) is 1.47. The average molecular weight is 314 g/mol. The Morgan fingerprint density at radius 3 is 2.43 bits per heavy atom. The number of anilines is 1. The van der Waals surface area contributed by atoms with Crippen molar-refractivity contribution < 1.29 is 27.1 Å². The monoisotopic (exact) mass is 314 g/mol. The standard InChI is InChI=1S/C12H8F2N2O4S/c13-8-2-3-10(9(14)5-8)21(19,20)16-11-4-1-7(6-15-11)12(17)18/h1-6H,(H,15,16)(H,17,18). The van der Waals surface area contributed by atoms with Gasteiger partial charge in [-0.3, -0.25) is 4.72 Å². The zero-order valence-electron chi connectivity index (χ0n) is 10.2. The highest BCUT2D eigenvalue weighted by molar-refractivity contribution is 7.92. The lowest BCUT2D eigenvalue weighted by atomic mass is 10.3. The zero-order chi connectivity index (χ0) is 15.6. The van der Waals surface area contributed by atoms with Gasteiger partial charge in [-0.2, -0.15) is 0 Å². The van der Waals surface area contributed by atoms with Crippen LogP contribution in [0.5, 0.6) is 0 Å². The van der Waals surface area contributed by atoms with Gasteiger partial charge in [-0.05, 0) is 24.3 Å². The maximum Gasteiger partial charge on any atom is 0.337 e. The predicted octanol–water partition coefficient (Wildman–Crippen LogP) is 1.86. The second-order valence-electron chi connectivity index (χ2n) is 3.92. The van der Waals surface area contributed by atoms with Crippen molar-refractivity contribution in [1.29, 1.82) is 0 Å². The summed E-state index contributed by atoms with van der Waals surface area (Å²) in [4.78, 5) is 13.5. The Kier molecular flexibility index (Phi) is 3.85. The quantitative estimate of drug-likeness (QED) is 0.898. The predicted molar refractivity (Wildman–Crippen MR) is 68.4 cm³/mol. The van der Waals surface area contributed by atoms with E-state index in [1.54, 1.807) is 0 Å². The van der Waals surface area contributed by atoms with Gasteiger partial charge in [-0.25, -0.2) is 27.0 Å². The first kappa shape index (κ1) is 14.9. The van der Waals surface area contributed by atoms with Crippen LogP contribution in [0, 0.1) is 11.6 Å². The second kappa shape index (κ2) is 5.44. The van der Waals surface area contributed by atoms with Crippen molar-refractivity contribution in [3.63, 3.8) is 0 Å². The largest absolute Gasteiger partial charge is 0.478 e. The van der Waals surface area contributed by atoms with Gasteiger partial charge >= 0.3 is 5.97 Å². The van der Waals surface area contributed by atoms with E-state index in [4.69, 9.17) is 5.11 Å². The molecule has 0 spiro atoms. The van der Waals surface area contributed by atoms with Gasteiger partial charge in [0.25, 0.3) is 10.0 Å². The van der Waals surface area contributed by atoms with Crippen LogP contribution in [-0.4, -0.2) is 24.5 Å². The second-order valence-corrected chi connectivity index (χ2v) is 5.57. The van der Waals surface area contributed by atoms with E-state index in [1.807, 2.05) is 4.72 Å². The molecule has 0 bridgehead atoms. The molecule has 9 heteroatoms. The maximum atomic E-state index is 13.5. The van der Waals surface area contributed by atoms with Crippen LogP contribution in [0.2, 0.25) is 0 Å². The van der Waals surface area contributed by atoms with Crippen LogP contribution in [0.25, 0.3) is 0 Å². The van der Waals surface area contributed by atoms with Crippen molar-refractivity contribution >= 4 is 21.8 Å². The molecule has 110 valence electrons. The van der Waals surface area contributed by atoms with Gasteiger partial charge < -0.3 is 5.11 Å². The van der Waals surface area contributed by atoms with Crippen LogP contribution in [0.15, 0.2) is 41.4 Å². The summed E-state index contributed by atoms with van der Waals surface area (Å²) in [6.07, 6.45) is 0.946. The summed E-state index contributed by atoms with van der Waals surface area (Å²) in [5.41, 5.74) is -0.133. The number of carboxylic acids is 1. The Morgan fingerprint density at radius 1 is 1.19 bits per heavy atom. The number of rotatable bonds is 4. The van der Waals surface area contributed by atoms with Crippen LogP contribution < -0.4 is 4.72 Å². The van der Waals surface area contributed by atoms with E-state index in [1.165, 1.54) is 0 Å². The summed E-state index contributed by atoms with van der Waals surface area (Å²) in [6, 6.07) is 4.27. The minimum absolute atomic E-state index is 0.133. The molecular formula is C12H8F2N2O4S. The average Bonchev–Trinajstić information content (AvgIpc) is 2.38. The van der Waals surface area contributed by atoms with Gasteiger partial charge in [0, 0.05) is 12.3 Å². The molecule has 2 N–H and O–H groups in total. The van der Waals surface area contributed by atoms with E-state index in [-0.39, 0.29) is 11.4 Å². The zero-order valence-corrected chi connectivity index (χ0v) is 11.1. The first-order valence-corrected chi connectivity index (χ1v) is 6.95. The molecule has 21 heavy (non-hydrogen) atoms. The van der Waals surface area contributed by atoms with Gasteiger partial charge in [0.05, 0.1) is 5.56 Å². The number of nitrogens with zero attached hydrogens (tertiary/aromatic N) is 1. The lowest BCUT2D eigenvalue weighted by molar-refractivity contribution is 0.0696. The molecule has 1 aromatic heterocycles. The highest BCUT2D eigenvalue weighted by Gasteiger charge is 2.20. The molecule has 0 aliphatic rings. The number of carbonyl (C=O) groups is 1. The Morgan fingerprint density at radius 2 is 1.90 bits per heavy atom. The number of benzene rings is 1. The highest BCUT2D eigenvalue weighted by atomic mass is 32.2. The number of hydrogen-bond donors (Lipinski definition) is 2. The third-order valence-corrected chi connectivity index (χ3v) is 3.82. The number of pyridine rings is 1. The summed E-state index contributed by atoms with van der Waals surface area (Å²) in [5, 5.41) is 8.68. The van der Waals surface area contributed by atoms with Crippen LogP contribution in [0.3, 0.4) is 0 Å². The number of sulfonamides is 1. The molecule has 0 fully saturated rings. The number of carboxylic acid groups (broad SMARTS) is 1. The Bertz CT molecular complexity index is 791. The first-order valence-electron chi connectivity index (χ1n) is 5.47. The molecule has 1 heterocycles. The molecule has 6 nitrogen and oxygen atoms in total. The summed E-state index contributed by atoms with van der Waals surface area (Å²) >= 11 is 0. The summed E-state index contributed by atoms with van der Waals surface area (Å²) in [7, 11) is -4.30. The van der Waals surface area contributed by atoms with Crippen LogP contribution in [-0.2, 0) is 10.0 Å². The van der Waals surface area contributed by atoms with Crippen molar-refractivity contribution in [2.75, 3.05) is 4.72 Å². The van der Waals surface area contributed by atoms with Crippen LogP contribution in [0.1, 0.15) is 10.4 Å². The van der Waals surface area contributed by atoms with E-state index in [0.717, 1.165) is 30.5 Å². The Balaban J connectivity index is 2.30. The highest BCUT2D eigenvalue weighted by Crippen LogP contribution is 2.18. The molecule has 0 radical (unpaired) electrons. The normalized spacial score (nSPS) is 11.1. The van der Waals surface area contributed by atoms with Gasteiger partial charge in [0.2, 0.25) is 0 Å². The van der Waals surface area contributed by atoms with Crippen molar-refractivity contribution in [1.82, 2.24) is 4.98 Å². The minimum atomic E-state index is -4.30. The lowest BCUT2D eigenvalue weighted by Gasteiger charge is -2.08. The fraction of sp³-hybridized carbons (Fsp3) is 0. The fourth-order valence-corrected chi connectivity index (χ4v) is 2.54. The Labute approximate surface area is 118 Å². The number of nitrogens with one attached hydrogen (secondary N) is 1. The third kappa shape index (κ3) is 3.31. The van der Waals surface area contributed by atoms with E-state index in [2.05, 4.69) is 4.98 Å². The van der Waals surface area contributed by atoms with E-state index in [0.29, 0.717) is 6.07 Å². The molecule has 2 aromatic rings. The Hall–Kier alpha value is -2.55. The number of aromatic carboxylic acids is 1.